The maximum atomic E-state index is 9.29. The van der Waals surface area contributed by atoms with Crippen molar-refractivity contribution < 1.29 is 5.11 Å². The Labute approximate surface area is 84.9 Å². The summed E-state index contributed by atoms with van der Waals surface area (Å²) in [6.45, 7) is 2.89. The lowest BCUT2D eigenvalue weighted by molar-refractivity contribution is 0.120. The first-order valence-corrected chi connectivity index (χ1v) is 5.35. The molecule has 3 N–H and O–H groups in total. The Bertz CT molecular complexity index is 167. The smallest absolute Gasteiger partial charge is 0.166 e. The van der Waals surface area contributed by atoms with Crippen LogP contribution in [0.15, 0.2) is 0 Å². The highest BCUT2D eigenvalue weighted by Crippen LogP contribution is 2.17. The Morgan fingerprint density at radius 1 is 1.38 bits per heavy atom. The van der Waals surface area contributed by atoms with Crippen molar-refractivity contribution in [3.8, 4) is 0 Å². The Kier molecular flexibility index (Phi) is 4.45. The quantitative estimate of drug-likeness (QED) is 0.579. The van der Waals surface area contributed by atoms with E-state index in [1.807, 2.05) is 6.92 Å². The fraction of sp³-hybridized carbons (Fsp3) is 0.889. The van der Waals surface area contributed by atoms with Crippen molar-refractivity contribution in [2.75, 3.05) is 6.54 Å². The van der Waals surface area contributed by atoms with Crippen molar-refractivity contribution in [1.29, 1.82) is 0 Å². The van der Waals surface area contributed by atoms with Crippen LogP contribution in [0.3, 0.4) is 0 Å². The van der Waals surface area contributed by atoms with Crippen LogP contribution in [0, 0.1) is 0 Å². The number of thiocarbonyl (C=S) groups is 1. The Morgan fingerprint density at radius 2 is 2.00 bits per heavy atom. The van der Waals surface area contributed by atoms with Gasteiger partial charge in [-0.25, -0.2) is 0 Å². The second kappa shape index (κ2) is 5.40. The van der Waals surface area contributed by atoms with Crippen molar-refractivity contribution in [1.82, 2.24) is 10.6 Å². The van der Waals surface area contributed by atoms with Gasteiger partial charge in [0.25, 0.3) is 0 Å². The van der Waals surface area contributed by atoms with Crippen molar-refractivity contribution in [3.63, 3.8) is 0 Å². The lowest BCUT2D eigenvalue weighted by atomic mass is 9.93. The average molecular weight is 202 g/mol. The normalized spacial score (nSPS) is 28.2. The summed E-state index contributed by atoms with van der Waals surface area (Å²) in [6, 6.07) is 0.454. The number of aliphatic hydroxyl groups excluding tert-OH is 1. The molecule has 1 saturated carbocycles. The maximum absolute atomic E-state index is 9.29. The molecule has 0 aromatic heterocycles. The number of nitrogens with one attached hydrogen (secondary N) is 2. The Morgan fingerprint density at radius 3 is 2.54 bits per heavy atom. The van der Waals surface area contributed by atoms with E-state index in [1.165, 1.54) is 0 Å². The molecule has 0 radical (unpaired) electrons. The van der Waals surface area contributed by atoms with Crippen molar-refractivity contribution in [2.45, 2.75) is 44.8 Å². The Hall–Kier alpha value is -0.350. The summed E-state index contributed by atoms with van der Waals surface area (Å²) in [4.78, 5) is 0. The molecule has 4 heteroatoms. The molecule has 0 bridgehead atoms. The average Bonchev–Trinajstić information content (AvgIpc) is 2.09. The molecule has 1 aliphatic rings. The van der Waals surface area contributed by atoms with Gasteiger partial charge in [0, 0.05) is 12.6 Å². The summed E-state index contributed by atoms with van der Waals surface area (Å²) in [6.07, 6.45) is 3.74. The van der Waals surface area contributed by atoms with Gasteiger partial charge < -0.3 is 15.7 Å². The van der Waals surface area contributed by atoms with Gasteiger partial charge >= 0.3 is 0 Å². The van der Waals surface area contributed by atoms with E-state index in [4.69, 9.17) is 12.2 Å². The van der Waals surface area contributed by atoms with E-state index in [-0.39, 0.29) is 6.10 Å². The highest BCUT2D eigenvalue weighted by Gasteiger charge is 2.19. The molecule has 0 unspecified atom stereocenters. The molecule has 13 heavy (non-hydrogen) atoms. The lowest BCUT2D eigenvalue weighted by Gasteiger charge is -2.27. The van der Waals surface area contributed by atoms with E-state index < -0.39 is 0 Å². The second-order valence-corrected chi connectivity index (χ2v) is 3.92. The summed E-state index contributed by atoms with van der Waals surface area (Å²) < 4.78 is 0. The van der Waals surface area contributed by atoms with Crippen LogP contribution in [0.1, 0.15) is 32.6 Å². The number of hydrogen-bond acceptors (Lipinski definition) is 2. The van der Waals surface area contributed by atoms with Gasteiger partial charge in [0.1, 0.15) is 0 Å². The van der Waals surface area contributed by atoms with Gasteiger partial charge in [-0.15, -0.1) is 0 Å². The molecule has 0 spiro atoms. The van der Waals surface area contributed by atoms with E-state index in [2.05, 4.69) is 10.6 Å². The largest absolute Gasteiger partial charge is 0.393 e. The molecule has 1 fully saturated rings. The summed E-state index contributed by atoms with van der Waals surface area (Å²) in [7, 11) is 0. The van der Waals surface area contributed by atoms with E-state index in [0.29, 0.717) is 6.04 Å². The van der Waals surface area contributed by atoms with Crippen LogP contribution in [0.25, 0.3) is 0 Å². The molecule has 1 rings (SSSR count). The highest BCUT2D eigenvalue weighted by atomic mass is 32.1. The minimum atomic E-state index is -0.0919. The van der Waals surface area contributed by atoms with Crippen molar-refractivity contribution >= 4 is 17.3 Å². The predicted molar refractivity (Wildman–Crippen MR) is 57.7 cm³/mol. The molecule has 3 nitrogen and oxygen atoms in total. The van der Waals surface area contributed by atoms with Gasteiger partial charge in [-0.3, -0.25) is 0 Å². The third-order valence-electron chi connectivity index (χ3n) is 2.37. The van der Waals surface area contributed by atoms with Crippen LogP contribution in [0.5, 0.6) is 0 Å². The van der Waals surface area contributed by atoms with Crippen LogP contribution in [-0.4, -0.2) is 28.9 Å². The summed E-state index contributed by atoms with van der Waals surface area (Å²) in [5.74, 6) is 0. The van der Waals surface area contributed by atoms with Crippen molar-refractivity contribution in [2.24, 2.45) is 0 Å². The van der Waals surface area contributed by atoms with Crippen LogP contribution < -0.4 is 10.6 Å². The van der Waals surface area contributed by atoms with Gasteiger partial charge in [-0.05, 0) is 44.8 Å². The fourth-order valence-electron chi connectivity index (χ4n) is 1.62. The molecular weight excluding hydrogens is 184 g/mol. The number of hydrogen-bond donors (Lipinski definition) is 3. The second-order valence-electron chi connectivity index (χ2n) is 3.51. The van der Waals surface area contributed by atoms with E-state index in [1.54, 1.807) is 0 Å². The molecular formula is C9H18N2OS. The van der Waals surface area contributed by atoms with Crippen LogP contribution in [0.4, 0.5) is 0 Å². The standard InChI is InChI=1S/C9H18N2OS/c1-2-10-9(13)11-7-3-5-8(12)6-4-7/h7-8,12H,2-6H2,1H3,(H2,10,11,13). The third-order valence-corrected chi connectivity index (χ3v) is 2.63. The molecule has 0 saturated heterocycles. The molecule has 0 aliphatic heterocycles. The molecule has 0 atom stereocenters. The summed E-state index contributed by atoms with van der Waals surface area (Å²) in [5.41, 5.74) is 0. The molecule has 1 aliphatic carbocycles. The van der Waals surface area contributed by atoms with Gasteiger partial charge in [-0.1, -0.05) is 0 Å². The maximum Gasteiger partial charge on any atom is 0.166 e. The number of aliphatic hydroxyl groups is 1. The molecule has 0 amide bonds. The van der Waals surface area contributed by atoms with Crippen LogP contribution in [0.2, 0.25) is 0 Å². The zero-order chi connectivity index (χ0) is 9.68. The van der Waals surface area contributed by atoms with Gasteiger partial charge in [0.15, 0.2) is 5.11 Å². The van der Waals surface area contributed by atoms with Crippen LogP contribution >= 0.6 is 12.2 Å². The Balaban J connectivity index is 2.18. The minimum Gasteiger partial charge on any atom is -0.393 e. The molecule has 76 valence electrons. The monoisotopic (exact) mass is 202 g/mol. The van der Waals surface area contributed by atoms with E-state index in [0.717, 1.165) is 37.3 Å². The molecule has 0 heterocycles. The van der Waals surface area contributed by atoms with Gasteiger partial charge in [0.05, 0.1) is 6.10 Å². The fourth-order valence-corrected chi connectivity index (χ4v) is 1.93. The minimum absolute atomic E-state index is 0.0919. The van der Waals surface area contributed by atoms with Gasteiger partial charge in [0.2, 0.25) is 0 Å². The zero-order valence-corrected chi connectivity index (χ0v) is 8.86. The lowest BCUT2D eigenvalue weighted by Crippen LogP contribution is -2.43. The third kappa shape index (κ3) is 3.91. The van der Waals surface area contributed by atoms with Crippen LogP contribution in [-0.2, 0) is 0 Å². The topological polar surface area (TPSA) is 44.3 Å². The SMILES string of the molecule is CCNC(=S)NC1CCC(O)CC1. The van der Waals surface area contributed by atoms with E-state index >= 15 is 0 Å². The number of rotatable bonds is 2. The van der Waals surface area contributed by atoms with Gasteiger partial charge in [-0.2, -0.15) is 0 Å². The highest BCUT2D eigenvalue weighted by molar-refractivity contribution is 7.80. The van der Waals surface area contributed by atoms with Crippen molar-refractivity contribution in [3.05, 3.63) is 0 Å². The predicted octanol–water partition coefficient (Wildman–Crippen LogP) is 0.774. The zero-order valence-electron chi connectivity index (χ0n) is 8.05. The first kappa shape index (κ1) is 10.7. The first-order valence-electron chi connectivity index (χ1n) is 4.94. The summed E-state index contributed by atoms with van der Waals surface area (Å²) in [5, 5.41) is 16.3. The first-order chi connectivity index (χ1) is 6.22. The summed E-state index contributed by atoms with van der Waals surface area (Å²) >= 11 is 5.08. The molecule has 0 aromatic carbocycles. The van der Waals surface area contributed by atoms with E-state index in [9.17, 15) is 5.11 Å². The molecule has 0 aromatic rings.